The van der Waals surface area contributed by atoms with Crippen LogP contribution in [0.4, 0.5) is 8.78 Å². The van der Waals surface area contributed by atoms with Gasteiger partial charge in [0.25, 0.3) is 0 Å². The monoisotopic (exact) mass is 248 g/mol. The Kier molecular flexibility index (Phi) is 3.10. The lowest BCUT2D eigenvalue weighted by Crippen LogP contribution is -1.97. The third kappa shape index (κ3) is 2.22. The van der Waals surface area contributed by atoms with Crippen molar-refractivity contribution in [3.63, 3.8) is 0 Å². The summed E-state index contributed by atoms with van der Waals surface area (Å²) in [5.74, 6) is -2.93. The number of hydrogen-bond acceptors (Lipinski definition) is 1. The van der Waals surface area contributed by atoms with Gasteiger partial charge >= 0.3 is 5.97 Å². The summed E-state index contributed by atoms with van der Waals surface area (Å²) in [6, 6.07) is 8.07. The van der Waals surface area contributed by atoms with E-state index in [9.17, 15) is 13.6 Å². The second-order valence-electron chi connectivity index (χ2n) is 3.96. The Balaban J connectivity index is 2.58. The summed E-state index contributed by atoms with van der Waals surface area (Å²) in [5, 5.41) is 8.91. The SMILES string of the molecule is Cc1ccc(C(=O)O)cc1-c1ccc(F)c(F)c1. The second-order valence-corrected chi connectivity index (χ2v) is 3.96. The Morgan fingerprint density at radius 1 is 1.06 bits per heavy atom. The van der Waals surface area contributed by atoms with E-state index in [4.69, 9.17) is 5.11 Å². The molecule has 0 bridgehead atoms. The molecule has 0 aromatic heterocycles. The van der Waals surface area contributed by atoms with Gasteiger partial charge in [0.2, 0.25) is 0 Å². The number of benzene rings is 2. The fourth-order valence-electron chi connectivity index (χ4n) is 1.73. The highest BCUT2D eigenvalue weighted by molar-refractivity contribution is 5.89. The van der Waals surface area contributed by atoms with Crippen molar-refractivity contribution in [2.45, 2.75) is 6.92 Å². The topological polar surface area (TPSA) is 37.3 Å². The van der Waals surface area contributed by atoms with Gasteiger partial charge in [-0.2, -0.15) is 0 Å². The Labute approximate surface area is 103 Å². The van der Waals surface area contributed by atoms with E-state index in [0.29, 0.717) is 11.1 Å². The number of carbonyl (C=O) groups is 1. The number of aryl methyl sites for hydroxylation is 1. The summed E-state index contributed by atoms with van der Waals surface area (Å²) >= 11 is 0. The fraction of sp³-hybridized carbons (Fsp3) is 0.0714. The normalized spacial score (nSPS) is 10.4. The molecule has 0 aliphatic carbocycles. The molecule has 0 unspecified atom stereocenters. The van der Waals surface area contributed by atoms with Gasteiger partial charge in [0.1, 0.15) is 0 Å². The van der Waals surface area contributed by atoms with Crippen LogP contribution >= 0.6 is 0 Å². The minimum atomic E-state index is -1.06. The average molecular weight is 248 g/mol. The first-order valence-electron chi connectivity index (χ1n) is 5.28. The van der Waals surface area contributed by atoms with Crippen molar-refractivity contribution in [2.24, 2.45) is 0 Å². The van der Waals surface area contributed by atoms with Gasteiger partial charge in [-0.15, -0.1) is 0 Å². The highest BCUT2D eigenvalue weighted by Gasteiger charge is 2.10. The van der Waals surface area contributed by atoms with Gasteiger partial charge in [-0.05, 0) is 47.9 Å². The second kappa shape index (κ2) is 4.56. The zero-order valence-corrected chi connectivity index (χ0v) is 9.58. The molecule has 2 nitrogen and oxygen atoms in total. The molecule has 4 heteroatoms. The molecular weight excluding hydrogens is 238 g/mol. The van der Waals surface area contributed by atoms with Crippen LogP contribution in [0.1, 0.15) is 15.9 Å². The molecule has 0 spiro atoms. The molecule has 2 aromatic carbocycles. The van der Waals surface area contributed by atoms with Crippen molar-refractivity contribution < 1.29 is 18.7 Å². The van der Waals surface area contributed by atoms with Gasteiger partial charge in [-0.3, -0.25) is 0 Å². The Bertz CT molecular complexity index is 621. The van der Waals surface area contributed by atoms with E-state index in [1.165, 1.54) is 18.2 Å². The lowest BCUT2D eigenvalue weighted by Gasteiger charge is -2.07. The Morgan fingerprint density at radius 3 is 2.39 bits per heavy atom. The molecule has 1 N–H and O–H groups in total. The predicted molar refractivity (Wildman–Crippen MR) is 63.5 cm³/mol. The maximum Gasteiger partial charge on any atom is 0.335 e. The van der Waals surface area contributed by atoms with Gasteiger partial charge < -0.3 is 5.11 Å². The minimum Gasteiger partial charge on any atom is -0.478 e. The first-order valence-corrected chi connectivity index (χ1v) is 5.28. The molecule has 92 valence electrons. The number of halogens is 2. The molecule has 0 aliphatic rings. The summed E-state index contributed by atoms with van der Waals surface area (Å²) in [4.78, 5) is 10.9. The molecule has 0 atom stereocenters. The molecule has 0 heterocycles. The van der Waals surface area contributed by atoms with Gasteiger partial charge in [-0.25, -0.2) is 13.6 Å². The smallest absolute Gasteiger partial charge is 0.335 e. The van der Waals surface area contributed by atoms with Gasteiger partial charge in [-0.1, -0.05) is 12.1 Å². The molecule has 0 aliphatic heterocycles. The van der Waals surface area contributed by atoms with Gasteiger partial charge in [0.15, 0.2) is 11.6 Å². The van der Waals surface area contributed by atoms with Crippen LogP contribution < -0.4 is 0 Å². The van der Waals surface area contributed by atoms with Crippen molar-refractivity contribution in [3.05, 3.63) is 59.2 Å². The van der Waals surface area contributed by atoms with E-state index in [2.05, 4.69) is 0 Å². The van der Waals surface area contributed by atoms with E-state index in [-0.39, 0.29) is 5.56 Å². The molecule has 0 fully saturated rings. The van der Waals surface area contributed by atoms with Crippen LogP contribution in [0.3, 0.4) is 0 Å². The van der Waals surface area contributed by atoms with Crippen LogP contribution in [0.15, 0.2) is 36.4 Å². The Morgan fingerprint density at radius 2 is 1.78 bits per heavy atom. The highest BCUT2D eigenvalue weighted by atomic mass is 19.2. The molecule has 2 rings (SSSR count). The third-order valence-corrected chi connectivity index (χ3v) is 2.72. The van der Waals surface area contributed by atoms with Crippen molar-refractivity contribution in [3.8, 4) is 11.1 Å². The molecule has 2 aromatic rings. The summed E-state index contributed by atoms with van der Waals surface area (Å²) in [6.07, 6.45) is 0. The Hall–Kier alpha value is -2.23. The summed E-state index contributed by atoms with van der Waals surface area (Å²) in [7, 11) is 0. The van der Waals surface area contributed by atoms with E-state index >= 15 is 0 Å². The lowest BCUT2D eigenvalue weighted by molar-refractivity contribution is 0.0697. The number of hydrogen-bond donors (Lipinski definition) is 1. The van der Waals surface area contributed by atoms with E-state index < -0.39 is 17.6 Å². The number of carboxylic acid groups (broad SMARTS) is 1. The molecular formula is C14H10F2O2. The van der Waals surface area contributed by atoms with Gasteiger partial charge in [0, 0.05) is 0 Å². The van der Waals surface area contributed by atoms with E-state index in [1.807, 2.05) is 0 Å². The average Bonchev–Trinajstić information content (AvgIpc) is 2.33. The maximum atomic E-state index is 13.2. The van der Waals surface area contributed by atoms with Gasteiger partial charge in [0.05, 0.1) is 5.56 Å². The first kappa shape index (κ1) is 12.2. The number of rotatable bonds is 2. The molecule has 0 saturated heterocycles. The first-order chi connectivity index (χ1) is 8.49. The zero-order chi connectivity index (χ0) is 13.3. The standard InChI is InChI=1S/C14H10F2O2/c1-8-2-3-10(14(17)18)6-11(8)9-4-5-12(15)13(16)7-9/h2-7H,1H3,(H,17,18). The summed E-state index contributed by atoms with van der Waals surface area (Å²) in [6.45, 7) is 1.78. The maximum absolute atomic E-state index is 13.2. The fourth-order valence-corrected chi connectivity index (χ4v) is 1.73. The molecule has 0 saturated carbocycles. The lowest BCUT2D eigenvalue weighted by atomic mass is 9.98. The van der Waals surface area contributed by atoms with Crippen molar-refractivity contribution in [2.75, 3.05) is 0 Å². The van der Waals surface area contributed by atoms with Crippen LogP contribution in [0.25, 0.3) is 11.1 Å². The van der Waals surface area contributed by atoms with Crippen LogP contribution in [0.5, 0.6) is 0 Å². The zero-order valence-electron chi connectivity index (χ0n) is 9.58. The van der Waals surface area contributed by atoms with E-state index in [0.717, 1.165) is 17.7 Å². The number of carboxylic acids is 1. The van der Waals surface area contributed by atoms with Crippen LogP contribution in [-0.2, 0) is 0 Å². The number of aromatic carboxylic acids is 1. The van der Waals surface area contributed by atoms with Crippen LogP contribution in [0.2, 0.25) is 0 Å². The van der Waals surface area contributed by atoms with E-state index in [1.54, 1.807) is 13.0 Å². The van der Waals surface area contributed by atoms with Crippen LogP contribution in [-0.4, -0.2) is 11.1 Å². The van der Waals surface area contributed by atoms with Crippen molar-refractivity contribution >= 4 is 5.97 Å². The molecule has 0 amide bonds. The molecule has 18 heavy (non-hydrogen) atoms. The largest absolute Gasteiger partial charge is 0.478 e. The minimum absolute atomic E-state index is 0.111. The highest BCUT2D eigenvalue weighted by Crippen LogP contribution is 2.26. The van der Waals surface area contributed by atoms with Crippen molar-refractivity contribution in [1.29, 1.82) is 0 Å². The summed E-state index contributed by atoms with van der Waals surface area (Å²) in [5.41, 5.74) is 1.94. The van der Waals surface area contributed by atoms with Crippen molar-refractivity contribution in [1.82, 2.24) is 0 Å². The predicted octanol–water partition coefficient (Wildman–Crippen LogP) is 3.64. The third-order valence-electron chi connectivity index (χ3n) is 2.72. The summed E-state index contributed by atoms with van der Waals surface area (Å²) < 4.78 is 26.0. The molecule has 0 radical (unpaired) electrons. The van der Waals surface area contributed by atoms with Crippen LogP contribution in [0, 0.1) is 18.6 Å². The quantitative estimate of drug-likeness (QED) is 0.880.